The largest absolute Gasteiger partial charge is 0.438 e. The van der Waals surface area contributed by atoms with Crippen molar-refractivity contribution in [1.82, 2.24) is 0 Å². The molecule has 0 heterocycles. The quantitative estimate of drug-likeness (QED) is 0.392. The average molecular weight is 134 g/mol. The topological polar surface area (TPSA) is 66.8 Å². The van der Waals surface area contributed by atoms with Gasteiger partial charge in [0, 0.05) is 6.42 Å². The minimum Gasteiger partial charge on any atom is -0.438 e. The molecule has 4 nitrogen and oxygen atoms in total. The minimum absolute atomic E-state index is 0.0543. The SMILES string of the molecule is CC(O)CC(O)OC=O. The third-order valence-electron chi connectivity index (χ3n) is 0.755. The Hall–Kier alpha value is -0.610. The highest BCUT2D eigenvalue weighted by molar-refractivity contribution is 5.37. The highest BCUT2D eigenvalue weighted by atomic mass is 16.6. The van der Waals surface area contributed by atoms with E-state index in [-0.39, 0.29) is 12.9 Å². The summed E-state index contributed by atoms with van der Waals surface area (Å²) >= 11 is 0. The van der Waals surface area contributed by atoms with Crippen LogP contribution in [0, 0.1) is 0 Å². The van der Waals surface area contributed by atoms with Crippen molar-refractivity contribution in [3.05, 3.63) is 0 Å². The van der Waals surface area contributed by atoms with Gasteiger partial charge in [0.15, 0.2) is 0 Å². The number of hydrogen-bond acceptors (Lipinski definition) is 4. The zero-order valence-corrected chi connectivity index (χ0v) is 5.15. The van der Waals surface area contributed by atoms with Crippen LogP contribution in [-0.4, -0.2) is 29.1 Å². The number of aliphatic hydroxyl groups is 2. The maximum absolute atomic E-state index is 9.53. The van der Waals surface area contributed by atoms with Gasteiger partial charge in [-0.2, -0.15) is 0 Å². The van der Waals surface area contributed by atoms with E-state index < -0.39 is 12.4 Å². The molecule has 0 aliphatic carbocycles. The summed E-state index contributed by atoms with van der Waals surface area (Å²) in [6.45, 7) is 1.64. The van der Waals surface area contributed by atoms with Gasteiger partial charge in [0.2, 0.25) is 6.29 Å². The molecule has 0 spiro atoms. The maximum atomic E-state index is 9.53. The zero-order valence-electron chi connectivity index (χ0n) is 5.15. The summed E-state index contributed by atoms with van der Waals surface area (Å²) in [6.07, 6.45) is -1.78. The molecule has 0 saturated heterocycles. The second kappa shape index (κ2) is 4.29. The van der Waals surface area contributed by atoms with Crippen LogP contribution < -0.4 is 0 Å². The van der Waals surface area contributed by atoms with Gasteiger partial charge in [0.25, 0.3) is 6.47 Å². The highest BCUT2D eigenvalue weighted by Crippen LogP contribution is 1.96. The third kappa shape index (κ3) is 5.26. The lowest BCUT2D eigenvalue weighted by atomic mass is 10.3. The van der Waals surface area contributed by atoms with Crippen molar-refractivity contribution in [3.8, 4) is 0 Å². The van der Waals surface area contributed by atoms with Gasteiger partial charge >= 0.3 is 0 Å². The molecule has 4 heteroatoms. The fourth-order valence-electron chi connectivity index (χ4n) is 0.411. The van der Waals surface area contributed by atoms with E-state index in [4.69, 9.17) is 10.2 Å². The predicted octanol–water partition coefficient (Wildman–Crippen LogP) is -0.751. The van der Waals surface area contributed by atoms with E-state index in [0.717, 1.165) is 0 Å². The summed E-state index contributed by atoms with van der Waals surface area (Å²) in [5, 5.41) is 17.2. The molecule has 0 radical (unpaired) electrons. The van der Waals surface area contributed by atoms with Crippen LogP contribution in [-0.2, 0) is 9.53 Å². The Balaban J connectivity index is 3.25. The fraction of sp³-hybridized carbons (Fsp3) is 0.800. The second-order valence-electron chi connectivity index (χ2n) is 1.77. The van der Waals surface area contributed by atoms with Crippen LogP contribution in [0.5, 0.6) is 0 Å². The van der Waals surface area contributed by atoms with Crippen molar-refractivity contribution in [2.45, 2.75) is 25.7 Å². The maximum Gasteiger partial charge on any atom is 0.295 e. The van der Waals surface area contributed by atoms with E-state index >= 15 is 0 Å². The van der Waals surface area contributed by atoms with Crippen molar-refractivity contribution < 1.29 is 19.7 Å². The smallest absolute Gasteiger partial charge is 0.295 e. The van der Waals surface area contributed by atoms with E-state index in [1.165, 1.54) is 6.92 Å². The first-order chi connectivity index (χ1) is 4.16. The van der Waals surface area contributed by atoms with Gasteiger partial charge in [0.1, 0.15) is 0 Å². The molecular weight excluding hydrogens is 124 g/mol. The molecule has 0 aliphatic rings. The van der Waals surface area contributed by atoms with Crippen LogP contribution in [0.15, 0.2) is 0 Å². The highest BCUT2D eigenvalue weighted by Gasteiger charge is 2.06. The first kappa shape index (κ1) is 8.39. The van der Waals surface area contributed by atoms with Gasteiger partial charge in [-0.05, 0) is 6.92 Å². The molecule has 0 fully saturated rings. The number of hydrogen-bond donors (Lipinski definition) is 2. The van der Waals surface area contributed by atoms with E-state index in [2.05, 4.69) is 4.74 Å². The van der Waals surface area contributed by atoms with Crippen LogP contribution in [0.4, 0.5) is 0 Å². The zero-order chi connectivity index (χ0) is 7.28. The molecule has 9 heavy (non-hydrogen) atoms. The average Bonchev–Trinajstić information content (AvgIpc) is 1.63. The number of rotatable bonds is 4. The van der Waals surface area contributed by atoms with Crippen molar-refractivity contribution in [2.75, 3.05) is 0 Å². The van der Waals surface area contributed by atoms with E-state index in [0.29, 0.717) is 0 Å². The lowest BCUT2D eigenvalue weighted by Crippen LogP contribution is -2.17. The van der Waals surface area contributed by atoms with E-state index in [9.17, 15) is 4.79 Å². The Morgan fingerprint density at radius 2 is 2.22 bits per heavy atom. The molecule has 0 rings (SSSR count). The Morgan fingerprint density at radius 1 is 1.67 bits per heavy atom. The molecule has 0 bridgehead atoms. The fourth-order valence-corrected chi connectivity index (χ4v) is 0.411. The van der Waals surface area contributed by atoms with E-state index in [1.807, 2.05) is 0 Å². The van der Waals surface area contributed by atoms with Crippen LogP contribution in [0.1, 0.15) is 13.3 Å². The molecule has 2 N–H and O–H groups in total. The molecule has 2 unspecified atom stereocenters. The van der Waals surface area contributed by atoms with Gasteiger partial charge in [0.05, 0.1) is 6.10 Å². The monoisotopic (exact) mass is 134 g/mol. The molecule has 0 aromatic carbocycles. The third-order valence-corrected chi connectivity index (χ3v) is 0.755. The summed E-state index contributed by atoms with van der Waals surface area (Å²) in [6, 6.07) is 0. The van der Waals surface area contributed by atoms with E-state index in [1.54, 1.807) is 0 Å². The lowest BCUT2D eigenvalue weighted by Gasteiger charge is -2.08. The summed E-state index contributed by atoms with van der Waals surface area (Å²) < 4.78 is 4.07. The Kier molecular flexibility index (Phi) is 4.00. The summed E-state index contributed by atoms with van der Waals surface area (Å²) in [4.78, 5) is 9.53. The number of carbonyl (C=O) groups excluding carboxylic acids is 1. The molecular formula is C5H10O4. The molecule has 0 saturated carbocycles. The van der Waals surface area contributed by atoms with Crippen molar-refractivity contribution in [1.29, 1.82) is 0 Å². The van der Waals surface area contributed by atoms with Gasteiger partial charge in [-0.25, -0.2) is 0 Å². The minimum atomic E-state index is -1.18. The van der Waals surface area contributed by atoms with Crippen LogP contribution >= 0.6 is 0 Å². The first-order valence-electron chi connectivity index (χ1n) is 2.62. The van der Waals surface area contributed by atoms with Crippen molar-refractivity contribution in [2.24, 2.45) is 0 Å². The van der Waals surface area contributed by atoms with Crippen molar-refractivity contribution >= 4 is 6.47 Å². The van der Waals surface area contributed by atoms with Gasteiger partial charge in [-0.1, -0.05) is 0 Å². The van der Waals surface area contributed by atoms with Crippen molar-refractivity contribution in [3.63, 3.8) is 0 Å². The number of carbonyl (C=O) groups is 1. The standard InChI is InChI=1S/C5H10O4/c1-4(7)2-5(8)9-3-6/h3-5,7-8H,2H2,1H3. The first-order valence-corrected chi connectivity index (χ1v) is 2.62. The van der Waals surface area contributed by atoms with Crippen LogP contribution in [0.2, 0.25) is 0 Å². The molecule has 0 aromatic heterocycles. The summed E-state index contributed by atoms with van der Waals surface area (Å²) in [5.41, 5.74) is 0. The summed E-state index contributed by atoms with van der Waals surface area (Å²) in [7, 11) is 0. The Bertz CT molecular complexity index is 81.0. The van der Waals surface area contributed by atoms with Gasteiger partial charge in [-0.15, -0.1) is 0 Å². The van der Waals surface area contributed by atoms with Gasteiger partial charge in [-0.3, -0.25) is 4.79 Å². The van der Waals surface area contributed by atoms with Gasteiger partial charge < -0.3 is 14.9 Å². The lowest BCUT2D eigenvalue weighted by molar-refractivity contribution is -0.155. The van der Waals surface area contributed by atoms with Crippen LogP contribution in [0.3, 0.4) is 0 Å². The number of aliphatic hydroxyl groups excluding tert-OH is 2. The second-order valence-corrected chi connectivity index (χ2v) is 1.77. The molecule has 2 atom stereocenters. The Morgan fingerprint density at radius 3 is 2.56 bits per heavy atom. The normalized spacial score (nSPS) is 16.3. The van der Waals surface area contributed by atoms with Crippen LogP contribution in [0.25, 0.3) is 0 Å². The molecule has 54 valence electrons. The summed E-state index contributed by atoms with van der Waals surface area (Å²) in [5.74, 6) is 0. The number of ether oxygens (including phenoxy) is 1. The Labute approximate surface area is 53.1 Å². The molecule has 0 aliphatic heterocycles. The molecule has 0 amide bonds. The predicted molar refractivity (Wildman–Crippen MR) is 29.5 cm³/mol. The molecule has 0 aromatic rings.